The number of urea groups is 1. The molecule has 27 heavy (non-hydrogen) atoms. The number of hydrogen-bond donors (Lipinski definition) is 2. The molecule has 1 aromatic heterocycles. The molecule has 2 heterocycles. The zero-order chi connectivity index (χ0) is 19.7. The molecule has 2 atom stereocenters. The molecular weight excluding hydrogens is 350 g/mol. The molecule has 0 unspecified atom stereocenters. The van der Waals surface area contributed by atoms with E-state index in [0.29, 0.717) is 32.1 Å². The quantitative estimate of drug-likeness (QED) is 0.752. The number of carbonyl (C=O) groups excluding carboxylic acids is 2. The number of carbonyl (C=O) groups is 2. The first-order chi connectivity index (χ1) is 12.8. The lowest BCUT2D eigenvalue weighted by Gasteiger charge is -2.26. The molecule has 0 bridgehead atoms. The monoisotopic (exact) mass is 377 g/mol. The Hall–Kier alpha value is -2.58. The fourth-order valence-electron chi connectivity index (χ4n) is 3.81. The van der Waals surface area contributed by atoms with Gasteiger partial charge >= 0.3 is 11.7 Å². The molecule has 1 aliphatic heterocycles. The molecule has 148 valence electrons. The molecule has 1 aromatic rings. The van der Waals surface area contributed by atoms with Crippen molar-refractivity contribution in [3.8, 4) is 0 Å². The maximum atomic E-state index is 12.7. The summed E-state index contributed by atoms with van der Waals surface area (Å²) in [4.78, 5) is 54.5. The van der Waals surface area contributed by atoms with Gasteiger partial charge in [0.2, 0.25) is 0 Å². The van der Waals surface area contributed by atoms with Crippen molar-refractivity contribution in [2.24, 2.45) is 18.9 Å². The third-order valence-corrected chi connectivity index (χ3v) is 5.57. The van der Waals surface area contributed by atoms with Crippen molar-refractivity contribution in [1.82, 2.24) is 24.7 Å². The number of aromatic amines is 1. The van der Waals surface area contributed by atoms with E-state index in [9.17, 15) is 19.2 Å². The number of amides is 3. The van der Waals surface area contributed by atoms with Gasteiger partial charge in [-0.3, -0.25) is 14.6 Å². The van der Waals surface area contributed by atoms with E-state index in [4.69, 9.17) is 0 Å². The van der Waals surface area contributed by atoms with Crippen LogP contribution in [0.4, 0.5) is 4.79 Å². The van der Waals surface area contributed by atoms with E-state index in [1.165, 1.54) is 17.8 Å². The van der Waals surface area contributed by atoms with Gasteiger partial charge < -0.3 is 19.7 Å². The van der Waals surface area contributed by atoms with Crippen molar-refractivity contribution < 1.29 is 9.59 Å². The van der Waals surface area contributed by atoms with Gasteiger partial charge in [-0.15, -0.1) is 0 Å². The van der Waals surface area contributed by atoms with Gasteiger partial charge in [-0.1, -0.05) is 0 Å². The van der Waals surface area contributed by atoms with Crippen LogP contribution in [0.25, 0.3) is 0 Å². The Morgan fingerprint density at radius 1 is 1.22 bits per heavy atom. The van der Waals surface area contributed by atoms with Crippen LogP contribution in [0.15, 0.2) is 15.8 Å². The van der Waals surface area contributed by atoms with Crippen molar-refractivity contribution in [1.29, 1.82) is 0 Å². The second kappa shape index (κ2) is 7.58. The van der Waals surface area contributed by atoms with Crippen molar-refractivity contribution in [2.45, 2.75) is 32.7 Å². The minimum Gasteiger partial charge on any atom is -0.347 e. The highest BCUT2D eigenvalue weighted by Gasteiger charge is 2.45. The molecule has 3 amide bonds. The summed E-state index contributed by atoms with van der Waals surface area (Å²) in [6, 6.07) is -0.205. The average Bonchev–Trinajstić information content (AvgIpc) is 3.39. The predicted octanol–water partition coefficient (Wildman–Crippen LogP) is -0.0244. The fourth-order valence-corrected chi connectivity index (χ4v) is 3.81. The Bertz CT molecular complexity index is 837. The molecule has 0 radical (unpaired) electrons. The summed E-state index contributed by atoms with van der Waals surface area (Å²) in [6.07, 6.45) is 3.45. The van der Waals surface area contributed by atoms with Crippen LogP contribution >= 0.6 is 0 Å². The highest BCUT2D eigenvalue weighted by atomic mass is 16.2. The van der Waals surface area contributed by atoms with E-state index in [-0.39, 0.29) is 23.6 Å². The van der Waals surface area contributed by atoms with Gasteiger partial charge in [0.1, 0.15) is 5.56 Å². The summed E-state index contributed by atoms with van der Waals surface area (Å²) in [5, 5.41) is 2.93. The van der Waals surface area contributed by atoms with Crippen LogP contribution in [-0.2, 0) is 7.05 Å². The fraction of sp³-hybridized carbons (Fsp3) is 0.667. The lowest BCUT2D eigenvalue weighted by atomic mass is 9.98. The second-order valence-electron chi connectivity index (χ2n) is 7.35. The van der Waals surface area contributed by atoms with E-state index < -0.39 is 17.2 Å². The number of likely N-dealkylation sites (tertiary alicyclic amines) is 1. The van der Waals surface area contributed by atoms with Crippen LogP contribution in [0.2, 0.25) is 0 Å². The lowest BCUT2D eigenvalue weighted by molar-refractivity contribution is 0.0925. The van der Waals surface area contributed by atoms with Gasteiger partial charge in [-0.25, -0.2) is 9.59 Å². The van der Waals surface area contributed by atoms with E-state index >= 15 is 0 Å². The molecule has 1 saturated heterocycles. The largest absolute Gasteiger partial charge is 0.347 e. The van der Waals surface area contributed by atoms with E-state index in [0.717, 1.165) is 12.8 Å². The first kappa shape index (κ1) is 19.2. The van der Waals surface area contributed by atoms with Crippen LogP contribution in [0.1, 0.15) is 37.0 Å². The Kier molecular flexibility index (Phi) is 5.38. The van der Waals surface area contributed by atoms with Crippen molar-refractivity contribution in [3.05, 3.63) is 32.6 Å². The molecule has 0 aromatic carbocycles. The summed E-state index contributed by atoms with van der Waals surface area (Å²) < 4.78 is 1.17. The van der Waals surface area contributed by atoms with E-state index in [1.807, 2.05) is 13.8 Å². The molecule has 2 fully saturated rings. The molecule has 0 spiro atoms. The van der Waals surface area contributed by atoms with Gasteiger partial charge in [0.15, 0.2) is 0 Å². The molecule has 3 rings (SSSR count). The Morgan fingerprint density at radius 2 is 1.89 bits per heavy atom. The van der Waals surface area contributed by atoms with Gasteiger partial charge in [-0.05, 0) is 32.6 Å². The van der Waals surface area contributed by atoms with Gasteiger partial charge in [0.05, 0.1) is 6.04 Å². The Morgan fingerprint density at radius 3 is 2.48 bits per heavy atom. The molecule has 2 aliphatic rings. The number of aryl methyl sites for hydroxylation is 1. The lowest BCUT2D eigenvalue weighted by Crippen LogP contribution is -2.46. The molecular formula is C18H27N5O4. The number of nitrogens with one attached hydrogen (secondary N) is 2. The molecule has 1 aliphatic carbocycles. The highest BCUT2D eigenvalue weighted by Crippen LogP contribution is 2.41. The van der Waals surface area contributed by atoms with Crippen molar-refractivity contribution in [2.75, 3.05) is 26.2 Å². The van der Waals surface area contributed by atoms with Gasteiger partial charge in [0.25, 0.3) is 11.5 Å². The number of rotatable bonds is 5. The number of nitrogens with zero attached hydrogens (tertiary/aromatic N) is 3. The molecule has 9 heteroatoms. The second-order valence-corrected chi connectivity index (χ2v) is 7.35. The molecule has 2 N–H and O–H groups in total. The molecule has 9 nitrogen and oxygen atoms in total. The summed E-state index contributed by atoms with van der Waals surface area (Å²) in [5.74, 6) is 0.183. The minimum absolute atomic E-state index is 0.0117. The van der Waals surface area contributed by atoms with Gasteiger partial charge in [-0.2, -0.15) is 0 Å². The predicted molar refractivity (Wildman–Crippen MR) is 99.7 cm³/mol. The summed E-state index contributed by atoms with van der Waals surface area (Å²) >= 11 is 0. The first-order valence-electron chi connectivity index (χ1n) is 9.50. The number of aromatic nitrogens is 2. The number of H-pyrrole nitrogens is 1. The van der Waals surface area contributed by atoms with Crippen LogP contribution in [0, 0.1) is 11.8 Å². The van der Waals surface area contributed by atoms with Crippen molar-refractivity contribution >= 4 is 11.9 Å². The SMILES string of the molecule is CCN(CC)C(=O)N1C[C@@H](NC(=O)c2cn(C)c(=O)[nH]c2=O)[C@H](C2CC2)C1. The van der Waals surface area contributed by atoms with Crippen LogP contribution < -0.4 is 16.6 Å². The zero-order valence-corrected chi connectivity index (χ0v) is 16.0. The van der Waals surface area contributed by atoms with Crippen LogP contribution in [0.3, 0.4) is 0 Å². The standard InChI is InChI=1S/C18H27N5O4/c1-4-22(5-2)18(27)23-9-12(11-6-7-11)14(10-23)19-15(24)13-8-21(3)17(26)20-16(13)25/h8,11-12,14H,4-7,9-10H2,1-3H3,(H,19,24)(H,20,25,26)/t12-,14+/m0/s1. The van der Waals surface area contributed by atoms with E-state index in [2.05, 4.69) is 10.3 Å². The minimum atomic E-state index is -0.701. The van der Waals surface area contributed by atoms with Crippen LogP contribution in [-0.4, -0.2) is 63.5 Å². The summed E-state index contributed by atoms with van der Waals surface area (Å²) in [7, 11) is 1.47. The Balaban J connectivity index is 1.76. The summed E-state index contributed by atoms with van der Waals surface area (Å²) in [6.45, 7) is 6.23. The highest BCUT2D eigenvalue weighted by molar-refractivity contribution is 5.93. The first-order valence-corrected chi connectivity index (χ1v) is 9.50. The number of hydrogen-bond acceptors (Lipinski definition) is 4. The van der Waals surface area contributed by atoms with E-state index in [1.54, 1.807) is 9.80 Å². The molecule has 1 saturated carbocycles. The Labute approximate surface area is 157 Å². The van der Waals surface area contributed by atoms with Crippen LogP contribution in [0.5, 0.6) is 0 Å². The third-order valence-electron chi connectivity index (χ3n) is 5.57. The van der Waals surface area contributed by atoms with Gasteiger partial charge in [0, 0.05) is 45.3 Å². The topological polar surface area (TPSA) is 108 Å². The smallest absolute Gasteiger partial charge is 0.328 e. The maximum absolute atomic E-state index is 12.7. The van der Waals surface area contributed by atoms with Crippen molar-refractivity contribution in [3.63, 3.8) is 0 Å². The maximum Gasteiger partial charge on any atom is 0.328 e. The zero-order valence-electron chi connectivity index (χ0n) is 16.0. The summed E-state index contributed by atoms with van der Waals surface area (Å²) in [5.41, 5.74) is -1.36. The normalized spacial score (nSPS) is 22.0. The third kappa shape index (κ3) is 3.91. The average molecular weight is 377 g/mol.